The largest absolute Gasteiger partial charge is 0.346 e. The fourth-order valence-corrected chi connectivity index (χ4v) is 1.14. The maximum atomic E-state index is 4.29. The number of hydrogen-bond acceptors (Lipinski definition) is 1. The van der Waals surface area contributed by atoms with Crippen LogP contribution in [0.4, 0.5) is 0 Å². The van der Waals surface area contributed by atoms with E-state index in [0.29, 0.717) is 5.41 Å². The van der Waals surface area contributed by atoms with Gasteiger partial charge in [-0.2, -0.15) is 0 Å². The van der Waals surface area contributed by atoms with Crippen LogP contribution < -0.4 is 0 Å². The van der Waals surface area contributed by atoms with Gasteiger partial charge in [0, 0.05) is 17.3 Å². The fourth-order valence-electron chi connectivity index (χ4n) is 1.14. The van der Waals surface area contributed by atoms with Gasteiger partial charge < -0.3 is 4.98 Å². The fraction of sp³-hybridized carbons (Fsp3) is 0.625. The lowest BCUT2D eigenvalue weighted by atomic mass is 10.1. The number of nitrogens with zero attached hydrogens (tertiary/aromatic N) is 1. The maximum Gasteiger partial charge on any atom is 0.112 e. The predicted molar refractivity (Wildman–Crippen MR) is 39.9 cm³/mol. The number of rotatable bonds is 1. The second-order valence-electron chi connectivity index (χ2n) is 3.48. The molecule has 1 aromatic heterocycles. The van der Waals surface area contributed by atoms with E-state index in [1.807, 2.05) is 13.1 Å². The molecule has 0 atom stereocenters. The van der Waals surface area contributed by atoms with Gasteiger partial charge in [0.25, 0.3) is 0 Å². The number of imidazole rings is 1. The lowest BCUT2D eigenvalue weighted by Gasteiger charge is -2.00. The van der Waals surface area contributed by atoms with Crippen LogP contribution >= 0.6 is 0 Å². The molecule has 2 nitrogen and oxygen atoms in total. The molecule has 0 amide bonds. The van der Waals surface area contributed by atoms with E-state index in [1.165, 1.54) is 24.4 Å². The molecule has 1 fully saturated rings. The number of aromatic amines is 1. The highest BCUT2D eigenvalue weighted by molar-refractivity contribution is 5.17. The summed E-state index contributed by atoms with van der Waals surface area (Å²) in [6, 6.07) is 0. The SMILES string of the molecule is Cc1cnc(C2(C)CC2)[nH]1. The van der Waals surface area contributed by atoms with Gasteiger partial charge in [0.15, 0.2) is 0 Å². The zero-order valence-corrected chi connectivity index (χ0v) is 6.44. The lowest BCUT2D eigenvalue weighted by molar-refractivity contribution is 0.722. The van der Waals surface area contributed by atoms with Crippen molar-refractivity contribution in [1.29, 1.82) is 0 Å². The highest BCUT2D eigenvalue weighted by atomic mass is 14.9. The van der Waals surface area contributed by atoms with Crippen LogP contribution in [0.3, 0.4) is 0 Å². The smallest absolute Gasteiger partial charge is 0.112 e. The maximum absolute atomic E-state index is 4.29. The van der Waals surface area contributed by atoms with Gasteiger partial charge in [-0.15, -0.1) is 0 Å². The minimum Gasteiger partial charge on any atom is -0.346 e. The normalized spacial score (nSPS) is 21.0. The Morgan fingerprint density at radius 1 is 1.60 bits per heavy atom. The van der Waals surface area contributed by atoms with Crippen molar-refractivity contribution in [2.45, 2.75) is 32.1 Å². The highest BCUT2D eigenvalue weighted by Gasteiger charge is 2.41. The summed E-state index contributed by atoms with van der Waals surface area (Å²) >= 11 is 0. The van der Waals surface area contributed by atoms with Crippen molar-refractivity contribution >= 4 is 0 Å². The lowest BCUT2D eigenvalue weighted by Crippen LogP contribution is -2.01. The van der Waals surface area contributed by atoms with Gasteiger partial charge in [-0.3, -0.25) is 0 Å². The van der Waals surface area contributed by atoms with Crippen molar-refractivity contribution in [2.24, 2.45) is 0 Å². The zero-order valence-electron chi connectivity index (χ0n) is 6.44. The number of hydrogen-bond donors (Lipinski definition) is 1. The van der Waals surface area contributed by atoms with Crippen LogP contribution in [0, 0.1) is 6.92 Å². The van der Waals surface area contributed by atoms with Crippen molar-refractivity contribution in [3.05, 3.63) is 17.7 Å². The molecule has 1 aromatic rings. The Morgan fingerprint density at radius 3 is 2.70 bits per heavy atom. The van der Waals surface area contributed by atoms with Gasteiger partial charge in [0.05, 0.1) is 0 Å². The van der Waals surface area contributed by atoms with E-state index in [9.17, 15) is 0 Å². The minimum absolute atomic E-state index is 0.397. The first-order valence-electron chi connectivity index (χ1n) is 3.73. The summed E-state index contributed by atoms with van der Waals surface area (Å²) in [6.07, 6.45) is 4.48. The monoisotopic (exact) mass is 136 g/mol. The van der Waals surface area contributed by atoms with Crippen molar-refractivity contribution in [2.75, 3.05) is 0 Å². The molecule has 2 rings (SSSR count). The summed E-state index contributed by atoms with van der Waals surface area (Å²) < 4.78 is 0. The summed E-state index contributed by atoms with van der Waals surface area (Å²) in [4.78, 5) is 7.56. The third-order valence-electron chi connectivity index (χ3n) is 2.27. The van der Waals surface area contributed by atoms with E-state index in [1.54, 1.807) is 0 Å². The summed E-state index contributed by atoms with van der Waals surface area (Å²) in [7, 11) is 0. The van der Waals surface area contributed by atoms with Gasteiger partial charge in [-0.05, 0) is 19.8 Å². The molecule has 2 heteroatoms. The average molecular weight is 136 g/mol. The van der Waals surface area contributed by atoms with Gasteiger partial charge in [0.2, 0.25) is 0 Å². The van der Waals surface area contributed by atoms with Crippen LogP contribution in [0.15, 0.2) is 6.20 Å². The van der Waals surface area contributed by atoms with Crippen LogP contribution in [0.5, 0.6) is 0 Å². The molecular formula is C8H12N2. The van der Waals surface area contributed by atoms with Crippen LogP contribution in [-0.2, 0) is 5.41 Å². The van der Waals surface area contributed by atoms with E-state index < -0.39 is 0 Å². The summed E-state index contributed by atoms with van der Waals surface area (Å²) in [5.41, 5.74) is 1.57. The zero-order chi connectivity index (χ0) is 7.19. The van der Waals surface area contributed by atoms with Crippen molar-refractivity contribution < 1.29 is 0 Å². The molecule has 0 unspecified atom stereocenters. The molecule has 54 valence electrons. The topological polar surface area (TPSA) is 28.7 Å². The Labute approximate surface area is 60.7 Å². The predicted octanol–water partition coefficient (Wildman–Crippen LogP) is 1.77. The van der Waals surface area contributed by atoms with Gasteiger partial charge in [-0.1, -0.05) is 6.92 Å². The van der Waals surface area contributed by atoms with Crippen molar-refractivity contribution in [3.63, 3.8) is 0 Å². The van der Waals surface area contributed by atoms with Crippen molar-refractivity contribution in [1.82, 2.24) is 9.97 Å². The first-order chi connectivity index (χ1) is 4.71. The van der Waals surface area contributed by atoms with Crippen LogP contribution in [0.25, 0.3) is 0 Å². The molecule has 1 N–H and O–H groups in total. The third-order valence-corrected chi connectivity index (χ3v) is 2.27. The first-order valence-corrected chi connectivity index (χ1v) is 3.73. The number of aromatic nitrogens is 2. The molecule has 1 saturated carbocycles. The molecule has 0 aromatic carbocycles. The Bertz CT molecular complexity index is 246. The number of aryl methyl sites for hydroxylation is 1. The van der Waals surface area contributed by atoms with Crippen LogP contribution in [-0.4, -0.2) is 9.97 Å². The summed E-state index contributed by atoms with van der Waals surface area (Å²) in [5, 5.41) is 0. The standard InChI is InChI=1S/C8H12N2/c1-6-5-9-7(10-6)8(2)3-4-8/h5H,3-4H2,1-2H3,(H,9,10). The molecular weight excluding hydrogens is 124 g/mol. The molecule has 0 bridgehead atoms. The number of H-pyrrole nitrogens is 1. The molecule has 0 spiro atoms. The van der Waals surface area contributed by atoms with Gasteiger partial charge in [-0.25, -0.2) is 4.98 Å². The van der Waals surface area contributed by atoms with Gasteiger partial charge in [0.1, 0.15) is 5.82 Å². The molecule has 1 aliphatic rings. The first kappa shape index (κ1) is 5.96. The Balaban J connectivity index is 2.34. The second kappa shape index (κ2) is 1.62. The average Bonchev–Trinajstić information content (AvgIpc) is 2.45. The van der Waals surface area contributed by atoms with E-state index in [4.69, 9.17) is 0 Å². The van der Waals surface area contributed by atoms with E-state index in [0.717, 1.165) is 0 Å². The minimum atomic E-state index is 0.397. The molecule has 0 aliphatic heterocycles. The van der Waals surface area contributed by atoms with E-state index >= 15 is 0 Å². The molecule has 1 aliphatic carbocycles. The Hall–Kier alpha value is -0.790. The highest BCUT2D eigenvalue weighted by Crippen LogP contribution is 2.45. The van der Waals surface area contributed by atoms with Crippen LogP contribution in [0.2, 0.25) is 0 Å². The Kier molecular flexibility index (Phi) is 0.967. The molecule has 0 saturated heterocycles. The quantitative estimate of drug-likeness (QED) is 0.626. The van der Waals surface area contributed by atoms with E-state index in [-0.39, 0.29) is 0 Å². The van der Waals surface area contributed by atoms with Gasteiger partial charge >= 0.3 is 0 Å². The van der Waals surface area contributed by atoms with E-state index in [2.05, 4.69) is 16.9 Å². The van der Waals surface area contributed by atoms with Crippen molar-refractivity contribution in [3.8, 4) is 0 Å². The molecule has 10 heavy (non-hydrogen) atoms. The molecule has 1 heterocycles. The van der Waals surface area contributed by atoms with Crippen LogP contribution in [0.1, 0.15) is 31.3 Å². The Morgan fingerprint density at radius 2 is 2.30 bits per heavy atom. The number of nitrogens with one attached hydrogen (secondary N) is 1. The molecule has 0 radical (unpaired) electrons. The summed E-state index contributed by atoms with van der Waals surface area (Å²) in [6.45, 7) is 4.30. The summed E-state index contributed by atoms with van der Waals surface area (Å²) in [5.74, 6) is 1.17. The third kappa shape index (κ3) is 0.753. The second-order valence-corrected chi connectivity index (χ2v) is 3.48.